The molecule has 0 unspecified atom stereocenters. The van der Waals surface area contributed by atoms with Gasteiger partial charge in [-0.1, -0.05) is 30.3 Å². The lowest BCUT2D eigenvalue weighted by molar-refractivity contribution is -0.126. The van der Waals surface area contributed by atoms with Crippen LogP contribution in [0, 0.1) is 0 Å². The largest absolute Gasteiger partial charge is 0.494 e. The third kappa shape index (κ3) is 5.82. The summed E-state index contributed by atoms with van der Waals surface area (Å²) in [6.07, 6.45) is -0.208. The minimum absolute atomic E-state index is 0.208. The van der Waals surface area contributed by atoms with Gasteiger partial charge in [-0.2, -0.15) is 0 Å². The van der Waals surface area contributed by atoms with E-state index in [1.54, 1.807) is 24.3 Å². The number of carbonyl (C=O) groups excluding carboxylic acids is 2. The molecule has 0 aliphatic heterocycles. The normalized spacial score (nSPS) is 9.96. The molecular formula is C18H20N2O3. The summed E-state index contributed by atoms with van der Waals surface area (Å²) < 4.78 is 5.33. The highest BCUT2D eigenvalue weighted by Crippen LogP contribution is 2.15. The molecule has 0 heterocycles. The van der Waals surface area contributed by atoms with Gasteiger partial charge in [0.2, 0.25) is 11.8 Å². The maximum atomic E-state index is 11.8. The smallest absolute Gasteiger partial charge is 0.233 e. The highest BCUT2D eigenvalue weighted by Gasteiger charge is 2.09. The van der Waals surface area contributed by atoms with Gasteiger partial charge < -0.3 is 15.4 Å². The summed E-state index contributed by atoms with van der Waals surface area (Å²) in [6, 6.07) is 16.6. The van der Waals surface area contributed by atoms with Crippen molar-refractivity contribution < 1.29 is 14.3 Å². The van der Waals surface area contributed by atoms with Crippen molar-refractivity contribution in [2.45, 2.75) is 19.9 Å². The first-order chi connectivity index (χ1) is 11.2. The van der Waals surface area contributed by atoms with E-state index in [1.165, 1.54) is 0 Å². The van der Waals surface area contributed by atoms with Crippen molar-refractivity contribution in [2.24, 2.45) is 0 Å². The molecule has 2 aromatic rings. The van der Waals surface area contributed by atoms with E-state index in [0.717, 1.165) is 11.3 Å². The minimum atomic E-state index is -0.347. The third-order valence-corrected chi connectivity index (χ3v) is 3.10. The van der Waals surface area contributed by atoms with Crippen molar-refractivity contribution in [3.8, 4) is 5.75 Å². The summed E-state index contributed by atoms with van der Waals surface area (Å²) in [5, 5.41) is 5.41. The van der Waals surface area contributed by atoms with Crippen LogP contribution in [0.4, 0.5) is 5.69 Å². The van der Waals surface area contributed by atoms with E-state index < -0.39 is 0 Å². The Hall–Kier alpha value is -2.82. The standard InChI is InChI=1S/C18H20N2O3/c1-2-23-16-10-8-15(9-11-16)20-18(22)12-17(21)19-13-14-6-4-3-5-7-14/h3-11H,2,12-13H2,1H3,(H,19,21)(H,20,22). The first-order valence-electron chi connectivity index (χ1n) is 7.50. The van der Waals surface area contributed by atoms with E-state index in [2.05, 4.69) is 10.6 Å². The second-order valence-electron chi connectivity index (χ2n) is 4.94. The molecule has 0 atom stereocenters. The second-order valence-corrected chi connectivity index (χ2v) is 4.94. The Kier molecular flexibility index (Phi) is 6.17. The van der Waals surface area contributed by atoms with Crippen molar-refractivity contribution >= 4 is 17.5 Å². The van der Waals surface area contributed by atoms with Crippen LogP contribution in [-0.4, -0.2) is 18.4 Å². The van der Waals surface area contributed by atoms with E-state index in [4.69, 9.17) is 4.74 Å². The molecule has 0 aliphatic carbocycles. The quantitative estimate of drug-likeness (QED) is 0.773. The molecule has 23 heavy (non-hydrogen) atoms. The summed E-state index contributed by atoms with van der Waals surface area (Å²) >= 11 is 0. The fourth-order valence-corrected chi connectivity index (χ4v) is 2.01. The monoisotopic (exact) mass is 312 g/mol. The van der Waals surface area contributed by atoms with Gasteiger partial charge in [0.05, 0.1) is 6.61 Å². The molecule has 0 aromatic heterocycles. The molecule has 0 saturated carbocycles. The first kappa shape index (κ1) is 16.5. The Morgan fingerprint density at radius 3 is 2.30 bits per heavy atom. The maximum absolute atomic E-state index is 11.8. The van der Waals surface area contributed by atoms with Crippen LogP contribution < -0.4 is 15.4 Å². The number of nitrogens with one attached hydrogen (secondary N) is 2. The zero-order valence-corrected chi connectivity index (χ0v) is 13.0. The topological polar surface area (TPSA) is 67.4 Å². The van der Waals surface area contributed by atoms with Crippen LogP contribution in [-0.2, 0) is 16.1 Å². The van der Waals surface area contributed by atoms with Gasteiger partial charge in [-0.05, 0) is 36.8 Å². The second kappa shape index (κ2) is 8.58. The average Bonchev–Trinajstić information content (AvgIpc) is 2.56. The van der Waals surface area contributed by atoms with E-state index in [1.807, 2.05) is 37.3 Å². The third-order valence-electron chi connectivity index (χ3n) is 3.10. The number of hydrogen-bond acceptors (Lipinski definition) is 3. The predicted molar refractivity (Wildman–Crippen MR) is 89.1 cm³/mol. The Labute approximate surface area is 135 Å². The number of hydrogen-bond donors (Lipinski definition) is 2. The van der Waals surface area contributed by atoms with E-state index >= 15 is 0 Å². The Morgan fingerprint density at radius 1 is 0.957 bits per heavy atom. The van der Waals surface area contributed by atoms with Crippen LogP contribution in [0.5, 0.6) is 5.75 Å². The van der Waals surface area contributed by atoms with E-state index in [9.17, 15) is 9.59 Å². The molecule has 0 aliphatic rings. The van der Waals surface area contributed by atoms with Crippen molar-refractivity contribution in [1.29, 1.82) is 0 Å². The van der Waals surface area contributed by atoms with Crippen LogP contribution in [0.2, 0.25) is 0 Å². The highest BCUT2D eigenvalue weighted by atomic mass is 16.5. The molecule has 2 amide bonds. The molecule has 0 saturated heterocycles. The lowest BCUT2D eigenvalue weighted by Gasteiger charge is -2.08. The van der Waals surface area contributed by atoms with Gasteiger partial charge in [0.25, 0.3) is 0 Å². The highest BCUT2D eigenvalue weighted by molar-refractivity contribution is 6.03. The van der Waals surface area contributed by atoms with Crippen molar-refractivity contribution in [2.75, 3.05) is 11.9 Å². The number of carbonyl (C=O) groups is 2. The van der Waals surface area contributed by atoms with Crippen LogP contribution in [0.15, 0.2) is 54.6 Å². The lowest BCUT2D eigenvalue weighted by Crippen LogP contribution is -2.27. The van der Waals surface area contributed by atoms with Crippen molar-refractivity contribution in [3.05, 3.63) is 60.2 Å². The minimum Gasteiger partial charge on any atom is -0.494 e. The molecule has 0 radical (unpaired) electrons. The maximum Gasteiger partial charge on any atom is 0.233 e. The van der Waals surface area contributed by atoms with Crippen LogP contribution >= 0.6 is 0 Å². The molecule has 0 spiro atoms. The van der Waals surface area contributed by atoms with Crippen LogP contribution in [0.3, 0.4) is 0 Å². The fourth-order valence-electron chi connectivity index (χ4n) is 2.01. The van der Waals surface area contributed by atoms with E-state index in [-0.39, 0.29) is 18.2 Å². The van der Waals surface area contributed by atoms with Gasteiger partial charge in [0, 0.05) is 12.2 Å². The van der Waals surface area contributed by atoms with Gasteiger partial charge in [-0.3, -0.25) is 9.59 Å². The van der Waals surface area contributed by atoms with Gasteiger partial charge in [0.1, 0.15) is 12.2 Å². The summed E-state index contributed by atoms with van der Waals surface area (Å²) in [7, 11) is 0. The molecule has 2 aromatic carbocycles. The van der Waals surface area contributed by atoms with Gasteiger partial charge >= 0.3 is 0 Å². The van der Waals surface area contributed by atoms with Crippen molar-refractivity contribution in [1.82, 2.24) is 5.32 Å². The molecule has 0 fully saturated rings. The summed E-state index contributed by atoms with van der Waals surface area (Å²) in [6.45, 7) is 2.91. The Balaban J connectivity index is 1.76. The summed E-state index contributed by atoms with van der Waals surface area (Å²) in [5.41, 5.74) is 1.63. The molecule has 120 valence electrons. The Morgan fingerprint density at radius 2 is 1.65 bits per heavy atom. The van der Waals surface area contributed by atoms with Gasteiger partial charge in [-0.25, -0.2) is 0 Å². The van der Waals surface area contributed by atoms with Crippen molar-refractivity contribution in [3.63, 3.8) is 0 Å². The SMILES string of the molecule is CCOc1ccc(NC(=O)CC(=O)NCc2ccccc2)cc1. The predicted octanol–water partition coefficient (Wildman–Crippen LogP) is 2.73. The molecule has 0 bridgehead atoms. The number of amides is 2. The summed E-state index contributed by atoms with van der Waals surface area (Å²) in [4.78, 5) is 23.6. The molecule has 5 nitrogen and oxygen atoms in total. The average molecular weight is 312 g/mol. The number of benzene rings is 2. The zero-order chi connectivity index (χ0) is 16.5. The number of ether oxygens (including phenoxy) is 1. The Bertz CT molecular complexity index is 639. The lowest BCUT2D eigenvalue weighted by atomic mass is 10.2. The van der Waals surface area contributed by atoms with Gasteiger partial charge in [0.15, 0.2) is 0 Å². The zero-order valence-electron chi connectivity index (χ0n) is 13.0. The first-order valence-corrected chi connectivity index (χ1v) is 7.50. The molecule has 5 heteroatoms. The number of rotatable bonds is 7. The molecule has 2 rings (SSSR count). The summed E-state index contributed by atoms with van der Waals surface area (Å²) in [5.74, 6) is 0.0862. The van der Waals surface area contributed by atoms with Gasteiger partial charge in [-0.15, -0.1) is 0 Å². The van der Waals surface area contributed by atoms with Crippen LogP contribution in [0.25, 0.3) is 0 Å². The number of anilines is 1. The van der Waals surface area contributed by atoms with E-state index in [0.29, 0.717) is 18.8 Å². The fraction of sp³-hybridized carbons (Fsp3) is 0.222. The molecule has 2 N–H and O–H groups in total. The molecular weight excluding hydrogens is 292 g/mol. The van der Waals surface area contributed by atoms with Crippen LogP contribution in [0.1, 0.15) is 18.9 Å².